The summed E-state index contributed by atoms with van der Waals surface area (Å²) >= 11 is 5.82. The van der Waals surface area contributed by atoms with Gasteiger partial charge >= 0.3 is 11.9 Å². The number of carbonyl (C=O) groups excluding carboxylic acids is 3. The van der Waals surface area contributed by atoms with Gasteiger partial charge in [-0.3, -0.25) is 4.79 Å². The molecule has 0 aliphatic rings. The monoisotopic (exact) mass is 387 g/mol. The van der Waals surface area contributed by atoms with Crippen molar-refractivity contribution in [3.63, 3.8) is 0 Å². The van der Waals surface area contributed by atoms with Crippen LogP contribution in [-0.2, 0) is 14.3 Å². The molecule has 2 rings (SSSR count). The Morgan fingerprint density at radius 3 is 2.33 bits per heavy atom. The van der Waals surface area contributed by atoms with Gasteiger partial charge in [-0.15, -0.1) is 0 Å². The molecule has 0 atom stereocenters. The van der Waals surface area contributed by atoms with E-state index in [0.717, 1.165) is 0 Å². The van der Waals surface area contributed by atoms with Crippen molar-refractivity contribution in [2.75, 3.05) is 13.7 Å². The summed E-state index contributed by atoms with van der Waals surface area (Å²) in [5.74, 6) is -1.65. The van der Waals surface area contributed by atoms with Crippen molar-refractivity contribution in [2.24, 2.45) is 4.99 Å². The highest BCUT2D eigenvalue weighted by atomic mass is 35.5. The van der Waals surface area contributed by atoms with Crippen molar-refractivity contribution in [2.45, 2.75) is 13.3 Å². The van der Waals surface area contributed by atoms with Crippen LogP contribution >= 0.6 is 11.6 Å². The molecule has 0 bridgehead atoms. The van der Waals surface area contributed by atoms with Crippen molar-refractivity contribution >= 4 is 40.7 Å². The molecule has 140 valence electrons. The van der Waals surface area contributed by atoms with E-state index in [2.05, 4.69) is 4.99 Å². The number of carbonyl (C=O) groups is 3. The Labute approximate surface area is 161 Å². The van der Waals surface area contributed by atoms with Crippen molar-refractivity contribution < 1.29 is 23.9 Å². The van der Waals surface area contributed by atoms with Gasteiger partial charge in [0.25, 0.3) is 0 Å². The molecule has 2 aromatic rings. The molecule has 7 heteroatoms. The van der Waals surface area contributed by atoms with Gasteiger partial charge in [-0.25, -0.2) is 14.6 Å². The standard InChI is InChI=1S/C20H18ClNO5/c1-3-27-19(24)15-6-4-5-7-16(15)22-17(20(25)26-2)12-18(23)13-8-10-14(21)11-9-13/h4-11H,3,12H2,1-2H3. The number of ether oxygens (including phenoxy) is 2. The molecule has 0 saturated heterocycles. The quantitative estimate of drug-likeness (QED) is 0.407. The Kier molecular flexibility index (Phi) is 7.25. The largest absolute Gasteiger partial charge is 0.465 e. The number of rotatable bonds is 7. The zero-order chi connectivity index (χ0) is 19.8. The molecule has 0 fully saturated rings. The van der Waals surface area contributed by atoms with Gasteiger partial charge in [0.05, 0.1) is 31.4 Å². The molecule has 27 heavy (non-hydrogen) atoms. The number of esters is 2. The Bertz CT molecular complexity index is 874. The lowest BCUT2D eigenvalue weighted by atomic mass is 10.1. The first kappa shape index (κ1) is 20.3. The third kappa shape index (κ3) is 5.49. The summed E-state index contributed by atoms with van der Waals surface area (Å²) in [6.45, 7) is 1.89. The maximum atomic E-state index is 12.5. The van der Waals surface area contributed by atoms with Crippen molar-refractivity contribution in [1.29, 1.82) is 0 Å². The Hall–Kier alpha value is -2.99. The predicted molar refractivity (Wildman–Crippen MR) is 102 cm³/mol. The second-order valence-electron chi connectivity index (χ2n) is 5.39. The van der Waals surface area contributed by atoms with E-state index in [0.29, 0.717) is 10.6 Å². The molecule has 0 saturated carbocycles. The number of nitrogens with zero attached hydrogens (tertiary/aromatic N) is 1. The van der Waals surface area contributed by atoms with Crippen LogP contribution in [0.4, 0.5) is 5.69 Å². The minimum atomic E-state index is -0.754. The zero-order valence-electron chi connectivity index (χ0n) is 14.9. The highest BCUT2D eigenvalue weighted by Gasteiger charge is 2.20. The number of Topliss-reactive ketones (excluding diaryl/α,β-unsaturated/α-hetero) is 1. The lowest BCUT2D eigenvalue weighted by Gasteiger charge is -2.08. The number of benzene rings is 2. The van der Waals surface area contributed by atoms with Crippen LogP contribution < -0.4 is 0 Å². The van der Waals surface area contributed by atoms with Crippen molar-refractivity contribution in [3.05, 3.63) is 64.7 Å². The van der Waals surface area contributed by atoms with Gasteiger partial charge in [0, 0.05) is 10.6 Å². The van der Waals surface area contributed by atoms with E-state index in [9.17, 15) is 14.4 Å². The highest BCUT2D eigenvalue weighted by molar-refractivity contribution is 6.41. The van der Waals surface area contributed by atoms with Crippen LogP contribution in [0.1, 0.15) is 34.1 Å². The molecule has 0 heterocycles. The van der Waals surface area contributed by atoms with Gasteiger partial charge in [-0.2, -0.15) is 0 Å². The second-order valence-corrected chi connectivity index (χ2v) is 5.83. The maximum absolute atomic E-state index is 12.5. The average molecular weight is 388 g/mol. The zero-order valence-corrected chi connectivity index (χ0v) is 15.7. The van der Waals surface area contributed by atoms with E-state index in [1.807, 2.05) is 0 Å². The number of halogens is 1. The summed E-state index contributed by atoms with van der Waals surface area (Å²) in [5, 5.41) is 0.497. The van der Waals surface area contributed by atoms with Crippen LogP contribution in [0, 0.1) is 0 Å². The van der Waals surface area contributed by atoms with Crippen LogP contribution in [0.25, 0.3) is 0 Å². The van der Waals surface area contributed by atoms with Crippen molar-refractivity contribution in [1.82, 2.24) is 0 Å². The number of para-hydroxylation sites is 1. The molecule has 0 aliphatic heterocycles. The summed E-state index contributed by atoms with van der Waals surface area (Å²) in [6.07, 6.45) is -0.286. The Morgan fingerprint density at radius 2 is 1.70 bits per heavy atom. The second kappa shape index (κ2) is 9.64. The van der Waals surface area contributed by atoms with Crippen LogP contribution in [-0.4, -0.2) is 37.2 Å². The van der Waals surface area contributed by atoms with Gasteiger partial charge in [-0.1, -0.05) is 23.7 Å². The first-order chi connectivity index (χ1) is 13.0. The molecule has 2 aromatic carbocycles. The average Bonchev–Trinajstić information content (AvgIpc) is 2.67. The molecule has 0 amide bonds. The number of ketones is 1. The Morgan fingerprint density at radius 1 is 1.04 bits per heavy atom. The third-order valence-corrected chi connectivity index (χ3v) is 3.82. The minimum Gasteiger partial charge on any atom is -0.465 e. The fourth-order valence-corrected chi connectivity index (χ4v) is 2.39. The number of hydrogen-bond acceptors (Lipinski definition) is 6. The highest BCUT2D eigenvalue weighted by Crippen LogP contribution is 2.21. The van der Waals surface area contributed by atoms with Crippen LogP contribution in [0.2, 0.25) is 5.02 Å². The molecule has 0 unspecified atom stereocenters. The van der Waals surface area contributed by atoms with Crippen molar-refractivity contribution in [3.8, 4) is 0 Å². The van der Waals surface area contributed by atoms with Crippen LogP contribution in [0.5, 0.6) is 0 Å². The van der Waals surface area contributed by atoms with Gasteiger partial charge in [0.1, 0.15) is 5.71 Å². The van der Waals surface area contributed by atoms with E-state index in [1.54, 1.807) is 49.4 Å². The van der Waals surface area contributed by atoms with E-state index >= 15 is 0 Å². The first-order valence-electron chi connectivity index (χ1n) is 8.17. The number of hydrogen-bond donors (Lipinski definition) is 0. The lowest BCUT2D eigenvalue weighted by molar-refractivity contribution is -0.132. The minimum absolute atomic E-state index is 0.116. The normalized spacial score (nSPS) is 11.0. The van der Waals surface area contributed by atoms with E-state index in [1.165, 1.54) is 13.2 Å². The number of aliphatic imine (C=N–C) groups is 1. The van der Waals surface area contributed by atoms with Gasteiger partial charge in [-0.05, 0) is 43.3 Å². The lowest BCUT2D eigenvalue weighted by Crippen LogP contribution is -2.20. The van der Waals surface area contributed by atoms with Crippen LogP contribution in [0.3, 0.4) is 0 Å². The fourth-order valence-electron chi connectivity index (χ4n) is 2.26. The van der Waals surface area contributed by atoms with E-state index < -0.39 is 11.9 Å². The first-order valence-corrected chi connectivity index (χ1v) is 8.54. The molecule has 0 spiro atoms. The summed E-state index contributed by atoms with van der Waals surface area (Å²) < 4.78 is 9.72. The van der Waals surface area contributed by atoms with E-state index in [4.69, 9.17) is 21.1 Å². The topological polar surface area (TPSA) is 82.0 Å². The Balaban J connectivity index is 2.37. The molecule has 0 aromatic heterocycles. The van der Waals surface area contributed by atoms with Gasteiger partial charge < -0.3 is 9.47 Å². The number of methoxy groups -OCH3 is 1. The van der Waals surface area contributed by atoms with E-state index in [-0.39, 0.29) is 35.8 Å². The predicted octanol–water partition coefficient (Wildman–Crippen LogP) is 4.04. The summed E-state index contributed by atoms with van der Waals surface area (Å²) in [5.41, 5.74) is 0.684. The molecular weight excluding hydrogens is 370 g/mol. The molecule has 6 nitrogen and oxygen atoms in total. The molecule has 0 aliphatic carbocycles. The molecule has 0 radical (unpaired) electrons. The third-order valence-electron chi connectivity index (χ3n) is 3.57. The van der Waals surface area contributed by atoms with Gasteiger partial charge in [0.2, 0.25) is 0 Å². The fraction of sp³-hybridized carbons (Fsp3) is 0.200. The smallest absolute Gasteiger partial charge is 0.352 e. The summed E-state index contributed by atoms with van der Waals surface area (Å²) in [6, 6.07) is 12.7. The molecular formula is C20H18ClNO5. The SMILES string of the molecule is CCOC(=O)c1ccccc1N=C(CC(=O)c1ccc(Cl)cc1)C(=O)OC. The maximum Gasteiger partial charge on any atom is 0.352 e. The molecule has 0 N–H and O–H groups in total. The van der Waals surface area contributed by atoms with Gasteiger partial charge in [0.15, 0.2) is 5.78 Å². The van der Waals surface area contributed by atoms with Crippen LogP contribution in [0.15, 0.2) is 53.5 Å². The summed E-state index contributed by atoms with van der Waals surface area (Å²) in [7, 11) is 1.20. The summed E-state index contributed by atoms with van der Waals surface area (Å²) in [4.78, 5) is 40.9.